The lowest BCUT2D eigenvalue weighted by Gasteiger charge is -2.45. The Balaban J connectivity index is 1.08. The average Bonchev–Trinajstić information content (AvgIpc) is 3.44. The molecule has 0 bridgehead atoms. The van der Waals surface area contributed by atoms with Gasteiger partial charge in [-0.2, -0.15) is 0 Å². The number of hydrogen-bond donors (Lipinski definition) is 0. The molecule has 8 aromatic rings. The molecule has 0 saturated carbocycles. The van der Waals surface area contributed by atoms with Crippen molar-refractivity contribution in [2.75, 3.05) is 6.61 Å². The summed E-state index contributed by atoms with van der Waals surface area (Å²) in [7, 11) is 0. The van der Waals surface area contributed by atoms with Gasteiger partial charge in [-0.15, -0.1) is 0 Å². The Bertz CT molecular complexity index is 2760. The van der Waals surface area contributed by atoms with Crippen molar-refractivity contribution in [3.63, 3.8) is 0 Å². The molecule has 0 aliphatic carbocycles. The molecule has 0 radical (unpaired) electrons. The molecule has 1 fully saturated rings. The Morgan fingerprint density at radius 1 is 0.375 bits per heavy atom. The summed E-state index contributed by atoms with van der Waals surface area (Å²) in [5.41, 5.74) is 6.73. The van der Waals surface area contributed by atoms with Gasteiger partial charge in [0, 0.05) is 0 Å². The van der Waals surface area contributed by atoms with Gasteiger partial charge in [-0.05, 0) is 51.1 Å². The molecule has 0 spiro atoms. The van der Waals surface area contributed by atoms with Crippen LogP contribution in [0.15, 0.2) is 224 Å². The van der Waals surface area contributed by atoms with Crippen molar-refractivity contribution < 1.29 is 47.4 Å². The SMILES string of the molecule is O=C(OC1O[C@H](COCc2ccccc2)[C@@H](OCc2ccccc2)[C@H](OCc2ccccc2)[C@H]1OCc1ccccc1)c1cc(OCc2ccccc2)c(OCc2ccccc2)c(OCc2ccccc2)c1. The smallest absolute Gasteiger partial charge is 0.340 e. The second-order valence-electron chi connectivity index (χ2n) is 17.4. The van der Waals surface area contributed by atoms with Crippen molar-refractivity contribution in [1.29, 1.82) is 0 Å². The fraction of sp³-hybridized carbons (Fsp3) is 0.210. The molecule has 1 saturated heterocycles. The van der Waals surface area contributed by atoms with E-state index < -0.39 is 36.7 Å². The summed E-state index contributed by atoms with van der Waals surface area (Å²) in [6, 6.07) is 72.2. The predicted octanol–water partition coefficient (Wildman–Crippen LogP) is 12.3. The molecule has 5 atom stereocenters. The third kappa shape index (κ3) is 14.3. The van der Waals surface area contributed by atoms with Crippen LogP contribution in [0.4, 0.5) is 0 Å². The Morgan fingerprint density at radius 3 is 1.11 bits per heavy atom. The minimum Gasteiger partial charge on any atom is -0.485 e. The molecule has 10 nitrogen and oxygen atoms in total. The average molecular weight is 963 g/mol. The molecule has 8 aromatic carbocycles. The van der Waals surface area contributed by atoms with Crippen LogP contribution in [0.3, 0.4) is 0 Å². The van der Waals surface area contributed by atoms with E-state index in [9.17, 15) is 0 Å². The zero-order valence-corrected chi connectivity index (χ0v) is 40.0. The minimum absolute atomic E-state index is 0.0847. The van der Waals surface area contributed by atoms with Gasteiger partial charge < -0.3 is 42.6 Å². The van der Waals surface area contributed by atoms with Crippen LogP contribution in [-0.4, -0.2) is 43.3 Å². The van der Waals surface area contributed by atoms with E-state index in [4.69, 9.17) is 42.6 Å². The molecule has 10 heteroatoms. The van der Waals surface area contributed by atoms with Crippen molar-refractivity contribution in [3.8, 4) is 17.2 Å². The molecule has 0 aromatic heterocycles. The van der Waals surface area contributed by atoms with Gasteiger partial charge in [0.2, 0.25) is 12.0 Å². The Labute approximate surface area is 421 Å². The minimum atomic E-state index is -1.31. The third-order valence-electron chi connectivity index (χ3n) is 12.0. The maximum atomic E-state index is 15.0. The number of ether oxygens (including phenoxy) is 9. The van der Waals surface area contributed by atoms with Gasteiger partial charge in [-0.3, -0.25) is 0 Å². The first kappa shape index (κ1) is 49.4. The molecule has 0 amide bonds. The summed E-state index contributed by atoms with van der Waals surface area (Å²) in [6.45, 7) is 1.63. The quantitative estimate of drug-likeness (QED) is 0.0544. The number of rotatable bonds is 24. The largest absolute Gasteiger partial charge is 0.485 e. The van der Waals surface area contributed by atoms with Crippen molar-refractivity contribution in [2.24, 2.45) is 0 Å². The van der Waals surface area contributed by atoms with Crippen LogP contribution in [0, 0.1) is 0 Å². The Kier molecular flexibility index (Phi) is 17.9. The molecule has 9 rings (SSSR count). The second kappa shape index (κ2) is 26.0. The van der Waals surface area contributed by atoms with E-state index in [1.54, 1.807) is 12.1 Å². The molecule has 1 heterocycles. The number of esters is 1. The van der Waals surface area contributed by atoms with Gasteiger partial charge in [-0.1, -0.05) is 212 Å². The first-order valence-electron chi connectivity index (χ1n) is 24.2. The van der Waals surface area contributed by atoms with Gasteiger partial charge in [0.1, 0.15) is 44.2 Å². The summed E-state index contributed by atoms with van der Waals surface area (Å²) in [5, 5.41) is 0. The molecule has 366 valence electrons. The van der Waals surface area contributed by atoms with Crippen LogP contribution in [0.1, 0.15) is 49.3 Å². The topological polar surface area (TPSA) is 100 Å². The summed E-state index contributed by atoms with van der Waals surface area (Å²) in [6.07, 6.45) is -4.63. The van der Waals surface area contributed by atoms with Crippen molar-refractivity contribution in [2.45, 2.75) is 77.0 Å². The number of carbonyl (C=O) groups excluding carboxylic acids is 1. The highest BCUT2D eigenvalue weighted by atomic mass is 16.7. The zero-order chi connectivity index (χ0) is 49.0. The highest BCUT2D eigenvalue weighted by Gasteiger charge is 2.50. The van der Waals surface area contributed by atoms with Crippen LogP contribution in [0.5, 0.6) is 17.2 Å². The first-order chi connectivity index (χ1) is 35.6. The standard InChI is InChI=1S/C62H58O10/c63-61(53-36-54(65-39-47-24-10-2-11-25-47)57(67-41-49-28-14-4-15-29-49)55(37-53)66-40-48-26-12-3-13-27-48)72-62-60(70-44-52-34-20-7-21-35-52)59(69-43-51-32-18-6-19-33-51)58(68-42-50-30-16-5-17-31-50)56(71-62)45-64-38-46-22-8-1-9-23-46/h1-37,56,58-60,62H,38-45H2/t56-,58-,59+,60-,62?/m1/s1. The van der Waals surface area contributed by atoms with Crippen LogP contribution < -0.4 is 14.2 Å². The molecule has 1 aliphatic rings. The van der Waals surface area contributed by atoms with E-state index in [1.807, 2.05) is 212 Å². The number of carbonyl (C=O) groups is 1. The summed E-state index contributed by atoms with van der Waals surface area (Å²) in [5.74, 6) is 0.203. The fourth-order valence-electron chi connectivity index (χ4n) is 8.27. The number of hydrogen-bond acceptors (Lipinski definition) is 10. The normalized spacial score (nSPS) is 17.4. The Morgan fingerprint density at radius 2 is 0.708 bits per heavy atom. The maximum absolute atomic E-state index is 15.0. The van der Waals surface area contributed by atoms with Crippen LogP contribution in [0.25, 0.3) is 0 Å². The molecular formula is C62H58O10. The summed E-state index contributed by atoms with van der Waals surface area (Å²) >= 11 is 0. The molecule has 1 unspecified atom stereocenters. The Hall–Kier alpha value is -7.57. The lowest BCUT2D eigenvalue weighted by molar-refractivity contribution is -0.315. The monoisotopic (exact) mass is 962 g/mol. The first-order valence-corrected chi connectivity index (χ1v) is 24.2. The molecular weight excluding hydrogens is 905 g/mol. The summed E-state index contributed by atoms with van der Waals surface area (Å²) < 4.78 is 60.0. The van der Waals surface area contributed by atoms with E-state index in [-0.39, 0.29) is 51.8 Å². The van der Waals surface area contributed by atoms with Crippen LogP contribution >= 0.6 is 0 Å². The third-order valence-corrected chi connectivity index (χ3v) is 12.0. The van der Waals surface area contributed by atoms with Gasteiger partial charge in [-0.25, -0.2) is 4.79 Å². The van der Waals surface area contributed by atoms with Gasteiger partial charge in [0.05, 0.1) is 38.6 Å². The predicted molar refractivity (Wildman–Crippen MR) is 274 cm³/mol. The van der Waals surface area contributed by atoms with Gasteiger partial charge in [0.25, 0.3) is 0 Å². The fourth-order valence-corrected chi connectivity index (χ4v) is 8.27. The highest BCUT2D eigenvalue weighted by Crippen LogP contribution is 2.41. The van der Waals surface area contributed by atoms with Gasteiger partial charge in [0.15, 0.2) is 11.5 Å². The van der Waals surface area contributed by atoms with Crippen LogP contribution in [-0.2, 0) is 74.7 Å². The lowest BCUT2D eigenvalue weighted by Crippen LogP contribution is -2.62. The lowest BCUT2D eigenvalue weighted by atomic mass is 9.97. The highest BCUT2D eigenvalue weighted by molar-refractivity contribution is 5.91. The van der Waals surface area contributed by atoms with Crippen molar-refractivity contribution >= 4 is 5.97 Å². The maximum Gasteiger partial charge on any atom is 0.340 e. The summed E-state index contributed by atoms with van der Waals surface area (Å²) in [4.78, 5) is 15.0. The van der Waals surface area contributed by atoms with Crippen molar-refractivity contribution in [1.82, 2.24) is 0 Å². The molecule has 0 N–H and O–H groups in total. The van der Waals surface area contributed by atoms with Crippen LogP contribution in [0.2, 0.25) is 0 Å². The van der Waals surface area contributed by atoms with E-state index >= 15 is 4.79 Å². The van der Waals surface area contributed by atoms with Crippen molar-refractivity contribution in [3.05, 3.63) is 269 Å². The molecule has 1 aliphatic heterocycles. The zero-order valence-electron chi connectivity index (χ0n) is 40.0. The second-order valence-corrected chi connectivity index (χ2v) is 17.4. The van der Waals surface area contributed by atoms with E-state index in [0.717, 1.165) is 38.9 Å². The molecule has 72 heavy (non-hydrogen) atoms. The van der Waals surface area contributed by atoms with E-state index in [0.29, 0.717) is 23.9 Å². The van der Waals surface area contributed by atoms with E-state index in [1.165, 1.54) is 0 Å². The van der Waals surface area contributed by atoms with E-state index in [2.05, 4.69) is 0 Å². The number of benzene rings is 8. The van der Waals surface area contributed by atoms with Gasteiger partial charge >= 0.3 is 5.97 Å².